The van der Waals surface area contributed by atoms with Crippen LogP contribution in [0, 0.1) is 5.82 Å². The van der Waals surface area contributed by atoms with Crippen molar-refractivity contribution in [3.8, 4) is 34.0 Å². The Hall–Kier alpha value is -3.71. The summed E-state index contributed by atoms with van der Waals surface area (Å²) in [5.41, 5.74) is 3.95. The molecule has 3 heterocycles. The average molecular weight is 416 g/mol. The summed E-state index contributed by atoms with van der Waals surface area (Å²) in [6.07, 6.45) is 3.47. The van der Waals surface area contributed by atoms with Crippen LogP contribution in [0.15, 0.2) is 73.1 Å². The highest BCUT2D eigenvalue weighted by Crippen LogP contribution is 2.32. The van der Waals surface area contributed by atoms with Crippen molar-refractivity contribution in [3.63, 3.8) is 0 Å². The van der Waals surface area contributed by atoms with Gasteiger partial charge in [-0.05, 0) is 42.0 Å². The second-order valence-corrected chi connectivity index (χ2v) is 7.24. The third-order valence-corrected chi connectivity index (χ3v) is 5.21. The SMILES string of the molecule is Fc1ccc(Oc2cccc(-c3cn[nH]c3)n2)cc1-c1cccc(N2CCOCC2)c1. The Kier molecular flexibility index (Phi) is 5.33. The molecule has 0 amide bonds. The molecule has 0 bridgehead atoms. The lowest BCUT2D eigenvalue weighted by Gasteiger charge is -2.29. The smallest absolute Gasteiger partial charge is 0.219 e. The van der Waals surface area contributed by atoms with E-state index in [0.717, 1.165) is 35.6 Å². The quantitative estimate of drug-likeness (QED) is 0.501. The number of nitrogens with zero attached hydrogens (tertiary/aromatic N) is 3. The number of hydrogen-bond acceptors (Lipinski definition) is 5. The van der Waals surface area contributed by atoms with Gasteiger partial charge in [0.25, 0.3) is 0 Å². The molecular weight excluding hydrogens is 395 g/mol. The summed E-state index contributed by atoms with van der Waals surface area (Å²) in [6.45, 7) is 3.06. The van der Waals surface area contributed by atoms with Crippen LogP contribution in [0.3, 0.4) is 0 Å². The van der Waals surface area contributed by atoms with E-state index in [1.165, 1.54) is 6.07 Å². The number of morpholine rings is 1. The lowest BCUT2D eigenvalue weighted by molar-refractivity contribution is 0.122. The van der Waals surface area contributed by atoms with Crippen molar-refractivity contribution in [1.82, 2.24) is 15.2 Å². The molecule has 2 aromatic carbocycles. The van der Waals surface area contributed by atoms with E-state index in [1.807, 2.05) is 36.4 Å². The van der Waals surface area contributed by atoms with Crippen LogP contribution in [0.4, 0.5) is 10.1 Å². The van der Waals surface area contributed by atoms with E-state index in [1.54, 1.807) is 30.6 Å². The minimum Gasteiger partial charge on any atom is -0.439 e. The van der Waals surface area contributed by atoms with Crippen molar-refractivity contribution in [2.75, 3.05) is 31.2 Å². The Morgan fingerprint density at radius 1 is 0.968 bits per heavy atom. The zero-order valence-corrected chi connectivity index (χ0v) is 16.8. The first kappa shape index (κ1) is 19.3. The summed E-state index contributed by atoms with van der Waals surface area (Å²) in [5, 5.41) is 6.72. The fourth-order valence-corrected chi connectivity index (χ4v) is 3.62. The molecule has 2 aromatic heterocycles. The van der Waals surface area contributed by atoms with Gasteiger partial charge in [0.05, 0.1) is 25.1 Å². The number of benzene rings is 2. The summed E-state index contributed by atoms with van der Waals surface area (Å²) in [7, 11) is 0. The molecule has 0 unspecified atom stereocenters. The van der Waals surface area contributed by atoms with Crippen molar-refractivity contribution in [2.24, 2.45) is 0 Å². The van der Waals surface area contributed by atoms with Crippen molar-refractivity contribution in [2.45, 2.75) is 0 Å². The Bertz CT molecular complexity index is 1170. The number of pyridine rings is 1. The molecule has 0 atom stereocenters. The number of ether oxygens (including phenoxy) is 2. The Morgan fingerprint density at radius 2 is 1.84 bits per heavy atom. The number of nitrogens with one attached hydrogen (secondary N) is 1. The van der Waals surface area contributed by atoms with Crippen LogP contribution in [-0.2, 0) is 4.74 Å². The number of aromatic nitrogens is 3. The Labute approximate surface area is 179 Å². The third kappa shape index (κ3) is 4.27. The van der Waals surface area contributed by atoms with Crippen LogP contribution < -0.4 is 9.64 Å². The standard InChI is InChI=1S/C24H21FN4O2/c25-22-8-7-20(31-24-6-2-5-23(28-24)18-15-26-27-16-18)14-21(22)17-3-1-4-19(13-17)29-9-11-30-12-10-29/h1-8,13-16H,9-12H2,(H,26,27). The molecule has 1 fully saturated rings. The fraction of sp³-hybridized carbons (Fsp3) is 0.167. The molecule has 1 N–H and O–H groups in total. The van der Waals surface area contributed by atoms with E-state index >= 15 is 0 Å². The third-order valence-electron chi connectivity index (χ3n) is 5.21. The van der Waals surface area contributed by atoms with Gasteiger partial charge in [-0.2, -0.15) is 5.10 Å². The van der Waals surface area contributed by atoms with Crippen LogP contribution in [0.25, 0.3) is 22.4 Å². The molecule has 6 nitrogen and oxygen atoms in total. The summed E-state index contributed by atoms with van der Waals surface area (Å²) in [5.74, 6) is 0.648. The highest BCUT2D eigenvalue weighted by Gasteiger charge is 2.14. The number of rotatable bonds is 5. The van der Waals surface area contributed by atoms with Crippen LogP contribution in [0.5, 0.6) is 11.6 Å². The molecule has 1 aliphatic rings. The molecule has 7 heteroatoms. The van der Waals surface area contributed by atoms with Crippen molar-refractivity contribution in [1.29, 1.82) is 0 Å². The monoisotopic (exact) mass is 416 g/mol. The van der Waals surface area contributed by atoms with Crippen LogP contribution in [0.1, 0.15) is 0 Å². The number of halogens is 1. The molecule has 4 aromatic rings. The highest BCUT2D eigenvalue weighted by atomic mass is 19.1. The lowest BCUT2D eigenvalue weighted by atomic mass is 10.0. The lowest BCUT2D eigenvalue weighted by Crippen LogP contribution is -2.36. The topological polar surface area (TPSA) is 63.3 Å². The van der Waals surface area contributed by atoms with Crippen molar-refractivity contribution < 1.29 is 13.9 Å². The molecule has 0 saturated carbocycles. The van der Waals surface area contributed by atoms with Gasteiger partial charge in [0.2, 0.25) is 5.88 Å². The van der Waals surface area contributed by atoms with Crippen molar-refractivity contribution >= 4 is 5.69 Å². The zero-order valence-electron chi connectivity index (χ0n) is 16.8. The van der Waals surface area contributed by atoms with E-state index in [9.17, 15) is 4.39 Å². The second-order valence-electron chi connectivity index (χ2n) is 7.24. The van der Waals surface area contributed by atoms with E-state index in [0.29, 0.717) is 30.4 Å². The van der Waals surface area contributed by atoms with Gasteiger partial charge >= 0.3 is 0 Å². The van der Waals surface area contributed by atoms with Gasteiger partial charge in [-0.15, -0.1) is 0 Å². The molecule has 156 valence electrons. The van der Waals surface area contributed by atoms with Gasteiger partial charge in [0.1, 0.15) is 11.6 Å². The predicted octanol–water partition coefficient (Wildman–Crippen LogP) is 4.91. The molecule has 1 aliphatic heterocycles. The van der Waals surface area contributed by atoms with E-state index in [2.05, 4.69) is 20.1 Å². The van der Waals surface area contributed by atoms with Crippen LogP contribution >= 0.6 is 0 Å². The maximum atomic E-state index is 14.7. The summed E-state index contributed by atoms with van der Waals surface area (Å²) in [4.78, 5) is 6.76. The maximum absolute atomic E-state index is 14.7. The molecule has 0 spiro atoms. The number of hydrogen-bond donors (Lipinski definition) is 1. The van der Waals surface area contributed by atoms with Crippen molar-refractivity contribution in [3.05, 3.63) is 78.9 Å². The molecule has 5 rings (SSSR count). The summed E-state index contributed by atoms with van der Waals surface area (Å²) in [6, 6.07) is 18.1. The van der Waals surface area contributed by atoms with Crippen LogP contribution in [-0.4, -0.2) is 41.5 Å². The normalized spacial score (nSPS) is 13.9. The molecular formula is C24H21FN4O2. The van der Waals surface area contributed by atoms with E-state index in [-0.39, 0.29) is 5.82 Å². The van der Waals surface area contributed by atoms with Gasteiger partial charge in [0.15, 0.2) is 0 Å². The molecule has 0 aliphatic carbocycles. The second kappa shape index (κ2) is 8.57. The minimum absolute atomic E-state index is 0.299. The first-order chi connectivity index (χ1) is 15.3. The first-order valence-electron chi connectivity index (χ1n) is 10.1. The van der Waals surface area contributed by atoms with Gasteiger partial charge in [-0.1, -0.05) is 18.2 Å². The summed E-state index contributed by atoms with van der Waals surface area (Å²) >= 11 is 0. The minimum atomic E-state index is -0.299. The van der Waals surface area contributed by atoms with E-state index < -0.39 is 0 Å². The zero-order chi connectivity index (χ0) is 21.0. The average Bonchev–Trinajstić information content (AvgIpc) is 3.36. The van der Waals surface area contributed by atoms with E-state index in [4.69, 9.17) is 9.47 Å². The van der Waals surface area contributed by atoms with Gasteiger partial charge in [-0.3, -0.25) is 5.10 Å². The number of anilines is 1. The first-order valence-corrected chi connectivity index (χ1v) is 10.1. The Balaban J connectivity index is 1.42. The number of H-pyrrole nitrogens is 1. The largest absolute Gasteiger partial charge is 0.439 e. The summed E-state index contributed by atoms with van der Waals surface area (Å²) < 4.78 is 26.1. The highest BCUT2D eigenvalue weighted by molar-refractivity contribution is 5.70. The fourth-order valence-electron chi connectivity index (χ4n) is 3.62. The van der Waals surface area contributed by atoms with Gasteiger partial charge in [-0.25, -0.2) is 9.37 Å². The van der Waals surface area contributed by atoms with Crippen LogP contribution in [0.2, 0.25) is 0 Å². The number of aromatic amines is 1. The predicted molar refractivity (Wildman–Crippen MR) is 117 cm³/mol. The molecule has 0 radical (unpaired) electrons. The maximum Gasteiger partial charge on any atom is 0.219 e. The Morgan fingerprint density at radius 3 is 2.68 bits per heavy atom. The molecule has 1 saturated heterocycles. The van der Waals surface area contributed by atoms with Gasteiger partial charge < -0.3 is 14.4 Å². The molecule has 31 heavy (non-hydrogen) atoms. The van der Waals surface area contributed by atoms with Gasteiger partial charge in [0, 0.05) is 42.2 Å².